The van der Waals surface area contributed by atoms with Crippen molar-refractivity contribution in [2.45, 2.75) is 85.5 Å². The van der Waals surface area contributed by atoms with Gasteiger partial charge in [-0.15, -0.1) is 0 Å². The molecule has 0 aromatic heterocycles. The summed E-state index contributed by atoms with van der Waals surface area (Å²) in [5, 5.41) is 9.37. The Hall–Kier alpha value is -3.93. The Labute approximate surface area is 297 Å². The first-order valence-electron chi connectivity index (χ1n) is 17.7. The first-order chi connectivity index (χ1) is 22.9. The van der Waals surface area contributed by atoms with Crippen LogP contribution in [0.4, 0.5) is 5.69 Å². The van der Waals surface area contributed by atoms with Gasteiger partial charge in [0.2, 0.25) is 0 Å². The second-order valence-electron chi connectivity index (χ2n) is 17.2. The van der Waals surface area contributed by atoms with Crippen molar-refractivity contribution in [1.29, 1.82) is 0 Å². The lowest BCUT2D eigenvalue weighted by atomic mass is 9.81. The van der Waals surface area contributed by atoms with Crippen LogP contribution in [-0.4, -0.2) is 14.1 Å². The third kappa shape index (κ3) is 6.93. The zero-order chi connectivity index (χ0) is 35.5. The minimum Gasteiger partial charge on any atom is -0.377 e. The summed E-state index contributed by atoms with van der Waals surface area (Å²) in [7, 11) is 3.39. The summed E-state index contributed by atoms with van der Waals surface area (Å²) in [6.07, 6.45) is 0. The number of anilines is 1. The highest BCUT2D eigenvalue weighted by Crippen LogP contribution is 2.46. The zero-order valence-corrected chi connectivity index (χ0v) is 32.7. The van der Waals surface area contributed by atoms with E-state index in [1.54, 1.807) is 0 Å². The molecule has 6 rings (SSSR count). The molecular weight excluding hydrogens is 609 g/mol. The average Bonchev–Trinajstić information content (AvgIpc) is 3.02. The molecule has 0 fully saturated rings. The number of benzene rings is 6. The highest BCUT2D eigenvalue weighted by molar-refractivity contribution is 7.80. The van der Waals surface area contributed by atoms with Crippen LogP contribution in [0, 0.1) is 6.92 Å². The standard InChI is InChI=1S/C47H54NP/c1-31-25-34(45(2,3)4)28-37(26-31)49(38-29-35(46(5,6)7)27-36(30-38)47(8,9)10)42-24-22-33-18-14-16-20-40(33)44(42)43-39-19-15-13-17-32(39)21-23-41(43)48(11)12/h13-30H,1-12H3. The van der Waals surface area contributed by atoms with Crippen molar-refractivity contribution in [2.75, 3.05) is 19.0 Å². The molecule has 1 nitrogen and oxygen atoms in total. The molecule has 0 heterocycles. The molecule has 1 unspecified atom stereocenters. The Morgan fingerprint density at radius 3 is 1.43 bits per heavy atom. The lowest BCUT2D eigenvalue weighted by Gasteiger charge is -2.31. The molecule has 0 bridgehead atoms. The van der Waals surface area contributed by atoms with Crippen LogP contribution in [0.1, 0.15) is 84.6 Å². The number of fused-ring (bicyclic) bond motifs is 2. The van der Waals surface area contributed by atoms with Crippen LogP contribution in [0.5, 0.6) is 0 Å². The van der Waals surface area contributed by atoms with Gasteiger partial charge >= 0.3 is 0 Å². The molecule has 2 heteroatoms. The molecule has 6 aromatic carbocycles. The molecule has 0 spiro atoms. The summed E-state index contributed by atoms with van der Waals surface area (Å²) in [5.74, 6) is 0. The van der Waals surface area contributed by atoms with Gasteiger partial charge in [-0.25, -0.2) is 0 Å². The predicted octanol–water partition coefficient (Wildman–Crippen LogP) is 11.7. The fourth-order valence-corrected chi connectivity index (χ4v) is 9.63. The van der Waals surface area contributed by atoms with Gasteiger partial charge in [0.15, 0.2) is 0 Å². The second kappa shape index (κ2) is 12.8. The summed E-state index contributed by atoms with van der Waals surface area (Å²) in [6.45, 7) is 23.4. The van der Waals surface area contributed by atoms with Crippen LogP contribution < -0.4 is 20.8 Å². The summed E-state index contributed by atoms with van der Waals surface area (Å²) in [4.78, 5) is 2.29. The molecule has 0 radical (unpaired) electrons. The van der Waals surface area contributed by atoms with Crippen LogP contribution in [-0.2, 0) is 16.2 Å². The quantitative estimate of drug-likeness (QED) is 0.166. The maximum atomic E-state index is 2.54. The predicted molar refractivity (Wildman–Crippen MR) is 221 cm³/mol. The SMILES string of the molecule is Cc1cc(P(c2cc(C(C)(C)C)cc(C(C)(C)C)c2)c2ccc3ccccc3c2-c2c(N(C)C)ccc3ccccc23)cc(C(C)(C)C)c1. The van der Waals surface area contributed by atoms with E-state index in [0.717, 1.165) is 0 Å². The van der Waals surface area contributed by atoms with Crippen LogP contribution in [0.3, 0.4) is 0 Å². The minimum absolute atomic E-state index is 0.0140. The van der Waals surface area contributed by atoms with Gasteiger partial charge in [0.05, 0.1) is 0 Å². The monoisotopic (exact) mass is 663 g/mol. The summed E-state index contributed by atoms with van der Waals surface area (Å²) in [6, 6.07) is 42.2. The molecule has 0 aliphatic heterocycles. The first kappa shape index (κ1) is 34.9. The Bertz CT molecular complexity index is 2130. The summed E-state index contributed by atoms with van der Waals surface area (Å²) >= 11 is 0. The maximum absolute atomic E-state index is 2.54. The molecule has 0 aliphatic rings. The number of nitrogens with zero attached hydrogens (tertiary/aromatic N) is 1. The van der Waals surface area contributed by atoms with Crippen molar-refractivity contribution in [3.63, 3.8) is 0 Å². The van der Waals surface area contributed by atoms with E-state index in [9.17, 15) is 0 Å². The van der Waals surface area contributed by atoms with Crippen molar-refractivity contribution >= 4 is 51.1 Å². The topological polar surface area (TPSA) is 3.24 Å². The molecule has 49 heavy (non-hydrogen) atoms. The van der Waals surface area contributed by atoms with E-state index < -0.39 is 7.92 Å². The summed E-state index contributed by atoms with van der Waals surface area (Å²) < 4.78 is 0. The number of rotatable bonds is 5. The number of hydrogen-bond donors (Lipinski definition) is 0. The van der Waals surface area contributed by atoms with Gasteiger partial charge in [-0.3, -0.25) is 0 Å². The molecular formula is C47H54NP. The molecule has 0 N–H and O–H groups in total. The molecule has 1 atom stereocenters. The lowest BCUT2D eigenvalue weighted by molar-refractivity contribution is 0.569. The fraction of sp³-hybridized carbons (Fsp3) is 0.319. The third-order valence-electron chi connectivity index (χ3n) is 9.88. The van der Waals surface area contributed by atoms with Gasteiger partial charge in [0.1, 0.15) is 0 Å². The van der Waals surface area contributed by atoms with Crippen molar-refractivity contribution in [3.05, 3.63) is 131 Å². The van der Waals surface area contributed by atoms with Gasteiger partial charge in [-0.05, 0) is 91.3 Å². The summed E-state index contributed by atoms with van der Waals surface area (Å²) in [5.41, 5.74) is 9.46. The van der Waals surface area contributed by atoms with E-state index in [4.69, 9.17) is 0 Å². The zero-order valence-electron chi connectivity index (χ0n) is 31.8. The van der Waals surface area contributed by atoms with Crippen molar-refractivity contribution in [3.8, 4) is 11.1 Å². The van der Waals surface area contributed by atoms with Gasteiger partial charge in [-0.2, -0.15) is 0 Å². The van der Waals surface area contributed by atoms with Crippen molar-refractivity contribution in [2.24, 2.45) is 0 Å². The molecule has 0 aliphatic carbocycles. The maximum Gasteiger partial charge on any atom is 0.0447 e. The van der Waals surface area contributed by atoms with Crippen LogP contribution in [0.25, 0.3) is 32.7 Å². The minimum atomic E-state index is -0.975. The van der Waals surface area contributed by atoms with E-state index in [-0.39, 0.29) is 16.2 Å². The Kier molecular flexibility index (Phi) is 9.09. The van der Waals surface area contributed by atoms with Crippen LogP contribution in [0.2, 0.25) is 0 Å². The average molecular weight is 664 g/mol. The van der Waals surface area contributed by atoms with E-state index in [2.05, 4.69) is 197 Å². The third-order valence-corrected chi connectivity index (χ3v) is 12.3. The highest BCUT2D eigenvalue weighted by atomic mass is 31.1. The van der Waals surface area contributed by atoms with E-state index in [1.807, 2.05) is 0 Å². The first-order valence-corrected chi connectivity index (χ1v) is 19.1. The highest BCUT2D eigenvalue weighted by Gasteiger charge is 2.29. The van der Waals surface area contributed by atoms with E-state index >= 15 is 0 Å². The van der Waals surface area contributed by atoms with E-state index in [0.29, 0.717) is 0 Å². The molecule has 0 saturated carbocycles. The van der Waals surface area contributed by atoms with E-state index in [1.165, 1.54) is 76.5 Å². The fourth-order valence-electron chi connectivity index (χ4n) is 6.96. The normalized spacial score (nSPS) is 13.2. The number of aryl methyl sites for hydroxylation is 1. The van der Waals surface area contributed by atoms with Gasteiger partial charge in [0.25, 0.3) is 0 Å². The Morgan fingerprint density at radius 1 is 0.469 bits per heavy atom. The smallest absolute Gasteiger partial charge is 0.0447 e. The Morgan fingerprint density at radius 2 is 0.918 bits per heavy atom. The van der Waals surface area contributed by atoms with Gasteiger partial charge in [-0.1, -0.05) is 171 Å². The van der Waals surface area contributed by atoms with Crippen molar-refractivity contribution < 1.29 is 0 Å². The number of hydrogen-bond acceptors (Lipinski definition) is 1. The molecule has 252 valence electrons. The van der Waals surface area contributed by atoms with Crippen LogP contribution in [0.15, 0.2) is 109 Å². The lowest BCUT2D eigenvalue weighted by Crippen LogP contribution is -2.28. The molecule has 0 amide bonds. The van der Waals surface area contributed by atoms with Crippen molar-refractivity contribution in [1.82, 2.24) is 0 Å². The largest absolute Gasteiger partial charge is 0.377 e. The molecule has 6 aromatic rings. The molecule has 0 saturated heterocycles. The van der Waals surface area contributed by atoms with Crippen LogP contribution >= 0.6 is 7.92 Å². The van der Waals surface area contributed by atoms with Gasteiger partial charge < -0.3 is 4.90 Å². The Balaban J connectivity index is 1.83. The van der Waals surface area contributed by atoms with Gasteiger partial charge in [0, 0.05) is 30.9 Å². The second-order valence-corrected chi connectivity index (χ2v) is 19.4.